The molecule has 0 aliphatic carbocycles. The molecule has 19 heavy (non-hydrogen) atoms. The number of nitrogens with zero attached hydrogens (tertiary/aromatic N) is 1. The fourth-order valence-corrected chi connectivity index (χ4v) is 0.988. The fourth-order valence-electron chi connectivity index (χ4n) is 0.988. The van der Waals surface area contributed by atoms with Gasteiger partial charge in [0.15, 0.2) is 0 Å². The van der Waals surface area contributed by atoms with Crippen LogP contribution in [0.3, 0.4) is 0 Å². The summed E-state index contributed by atoms with van der Waals surface area (Å²) in [6.07, 6.45) is 3.46. The van der Waals surface area contributed by atoms with E-state index in [4.69, 9.17) is 0 Å². The molecule has 0 saturated carbocycles. The molecule has 2 rings (SSSR count). The number of carbonyl (C=O) groups excluding carboxylic acids is 2. The maximum absolute atomic E-state index is 10.3. The summed E-state index contributed by atoms with van der Waals surface area (Å²) < 4.78 is 0. The van der Waals surface area contributed by atoms with Crippen LogP contribution in [0.25, 0.3) is 0 Å². The molecule has 1 aromatic carbocycles. The van der Waals surface area contributed by atoms with Crippen molar-refractivity contribution in [3.8, 4) is 0 Å². The van der Waals surface area contributed by atoms with E-state index in [0.717, 1.165) is 6.07 Å². The number of aromatic amines is 1. The molecule has 1 aromatic heterocycles. The van der Waals surface area contributed by atoms with E-state index in [1.165, 1.54) is 18.2 Å². The second kappa shape index (κ2) is 10.5. The number of hydrogen-bond acceptors (Lipinski definition) is 5. The molecule has 0 radical (unpaired) electrons. The van der Waals surface area contributed by atoms with E-state index in [-0.39, 0.29) is 54.3 Å². The monoisotopic (exact) mass is 290 g/mol. The molecular formula is C11H10CaN2O5. The molecule has 0 amide bonds. The quantitative estimate of drug-likeness (QED) is 0.615. The Morgan fingerprint density at radius 2 is 1.58 bits per heavy atom. The van der Waals surface area contributed by atoms with Crippen molar-refractivity contribution in [2.24, 2.45) is 0 Å². The molecule has 1 heterocycles. The molecule has 0 spiro atoms. The van der Waals surface area contributed by atoms with Crippen molar-refractivity contribution in [1.82, 2.24) is 10.2 Å². The second-order valence-corrected chi connectivity index (χ2v) is 2.92. The van der Waals surface area contributed by atoms with E-state index in [1.54, 1.807) is 12.4 Å². The van der Waals surface area contributed by atoms with Crippen molar-refractivity contribution >= 4 is 49.7 Å². The van der Waals surface area contributed by atoms with E-state index in [2.05, 4.69) is 10.2 Å². The van der Waals surface area contributed by atoms with Crippen LogP contribution < -0.4 is 10.2 Å². The van der Waals surface area contributed by atoms with Crippen LogP contribution in [0.4, 0.5) is 0 Å². The van der Waals surface area contributed by atoms with Gasteiger partial charge >= 0.3 is 37.7 Å². The molecule has 3 N–H and O–H groups in total. The molecule has 0 fully saturated rings. The summed E-state index contributed by atoms with van der Waals surface area (Å²) in [5, 5.41) is 26.7. The maximum atomic E-state index is 10.3. The van der Waals surface area contributed by atoms with Crippen LogP contribution in [0.1, 0.15) is 20.7 Å². The standard InChI is InChI=1S/C8H6O4.C3H4N2.Ca.H2O/c9-7(10)5-2-1-3-6(4-5)8(11)12;1-2-4-5-3-1;;/h1-4H,(H,9,10)(H,11,12);1-3H,(H,4,5);;1H2/q;;+2;/p-2. The second-order valence-electron chi connectivity index (χ2n) is 2.92. The number of hydrogen-bond donors (Lipinski definition) is 1. The number of aromatic carboxylic acids is 2. The van der Waals surface area contributed by atoms with E-state index >= 15 is 0 Å². The van der Waals surface area contributed by atoms with Gasteiger partial charge in [-0.3, -0.25) is 5.10 Å². The zero-order chi connectivity index (χ0) is 12.7. The Balaban J connectivity index is 0. The number of nitrogens with one attached hydrogen (secondary N) is 1. The minimum atomic E-state index is -1.40. The van der Waals surface area contributed by atoms with Crippen LogP contribution >= 0.6 is 0 Å². The van der Waals surface area contributed by atoms with Gasteiger partial charge in [0, 0.05) is 12.4 Å². The van der Waals surface area contributed by atoms with Gasteiger partial charge < -0.3 is 25.3 Å². The first kappa shape index (κ1) is 19.9. The number of carbonyl (C=O) groups is 2. The smallest absolute Gasteiger partial charge is 0.545 e. The molecule has 0 bridgehead atoms. The largest absolute Gasteiger partial charge is 2.00 e. The molecule has 7 nitrogen and oxygen atoms in total. The van der Waals surface area contributed by atoms with Gasteiger partial charge in [-0.15, -0.1) is 0 Å². The van der Waals surface area contributed by atoms with Crippen LogP contribution in [-0.2, 0) is 0 Å². The van der Waals surface area contributed by atoms with Crippen molar-refractivity contribution < 1.29 is 25.3 Å². The van der Waals surface area contributed by atoms with E-state index in [1.807, 2.05) is 6.07 Å². The van der Waals surface area contributed by atoms with Crippen molar-refractivity contribution in [2.75, 3.05) is 0 Å². The SMILES string of the molecule is O.O=C([O-])c1cccc(C(=O)[O-])c1.[Ca+2].c1cn[nH]c1. The Labute approximate surface area is 138 Å². The minimum Gasteiger partial charge on any atom is -0.545 e. The Kier molecular flexibility index (Phi) is 11.0. The summed E-state index contributed by atoms with van der Waals surface area (Å²) in [6, 6.07) is 6.64. The van der Waals surface area contributed by atoms with Gasteiger partial charge in [0.2, 0.25) is 0 Å². The number of benzene rings is 1. The predicted molar refractivity (Wildman–Crippen MR) is 63.1 cm³/mol. The third-order valence-corrected chi connectivity index (χ3v) is 1.74. The Hall–Kier alpha value is -1.41. The molecule has 0 aliphatic rings. The molecule has 96 valence electrons. The van der Waals surface area contributed by atoms with Crippen LogP contribution in [0.5, 0.6) is 0 Å². The average Bonchev–Trinajstić information content (AvgIpc) is 2.87. The van der Waals surface area contributed by atoms with Gasteiger partial charge in [0.25, 0.3) is 0 Å². The van der Waals surface area contributed by atoms with Gasteiger partial charge in [-0.05, 0) is 23.3 Å². The Morgan fingerprint density at radius 3 is 1.84 bits per heavy atom. The Bertz CT molecular complexity index is 455. The molecule has 0 saturated heterocycles. The van der Waals surface area contributed by atoms with Crippen LogP contribution in [0, 0.1) is 0 Å². The van der Waals surface area contributed by atoms with Gasteiger partial charge in [0.05, 0.1) is 11.9 Å². The van der Waals surface area contributed by atoms with Gasteiger partial charge in [-0.2, -0.15) is 5.10 Å². The molecule has 2 aromatic rings. The van der Waals surface area contributed by atoms with E-state index < -0.39 is 11.9 Å². The van der Waals surface area contributed by atoms with Crippen LogP contribution in [-0.4, -0.2) is 65.4 Å². The zero-order valence-electron chi connectivity index (χ0n) is 9.83. The molecule has 0 aliphatic heterocycles. The van der Waals surface area contributed by atoms with Crippen LogP contribution in [0.2, 0.25) is 0 Å². The first-order valence-electron chi connectivity index (χ1n) is 4.58. The van der Waals surface area contributed by atoms with Crippen molar-refractivity contribution in [2.45, 2.75) is 0 Å². The Morgan fingerprint density at radius 1 is 1.05 bits per heavy atom. The summed E-state index contributed by atoms with van der Waals surface area (Å²) in [5.41, 5.74) is -0.339. The molecule has 8 heteroatoms. The average molecular weight is 290 g/mol. The number of carboxylic acid groups (broad SMARTS) is 2. The predicted octanol–water partition coefficient (Wildman–Crippen LogP) is -2.38. The first-order chi connectivity index (χ1) is 8.11. The number of aromatic nitrogens is 2. The summed E-state index contributed by atoms with van der Waals surface area (Å²) in [5.74, 6) is -2.81. The van der Waals surface area contributed by atoms with Gasteiger partial charge in [-0.25, -0.2) is 0 Å². The first-order valence-corrected chi connectivity index (χ1v) is 4.58. The normalized spacial score (nSPS) is 8.00. The summed E-state index contributed by atoms with van der Waals surface area (Å²) in [7, 11) is 0. The van der Waals surface area contributed by atoms with Gasteiger partial charge in [-0.1, -0.05) is 18.2 Å². The molecule has 0 atom stereocenters. The molecular weight excluding hydrogens is 280 g/mol. The van der Waals surface area contributed by atoms with Crippen molar-refractivity contribution in [3.05, 3.63) is 53.9 Å². The third kappa shape index (κ3) is 7.58. The summed E-state index contributed by atoms with van der Waals surface area (Å²) in [4.78, 5) is 20.5. The van der Waals surface area contributed by atoms with E-state index in [9.17, 15) is 19.8 Å². The van der Waals surface area contributed by atoms with Gasteiger partial charge in [0.1, 0.15) is 0 Å². The minimum absolute atomic E-state index is 0. The number of rotatable bonds is 2. The third-order valence-electron chi connectivity index (χ3n) is 1.74. The topological polar surface area (TPSA) is 140 Å². The number of H-pyrrole nitrogens is 1. The fraction of sp³-hybridized carbons (Fsp3) is 0. The maximum Gasteiger partial charge on any atom is 2.00 e. The zero-order valence-corrected chi connectivity index (χ0v) is 12.0. The number of carboxylic acids is 2. The van der Waals surface area contributed by atoms with Crippen molar-refractivity contribution in [1.29, 1.82) is 0 Å². The van der Waals surface area contributed by atoms with Crippen molar-refractivity contribution in [3.63, 3.8) is 0 Å². The van der Waals surface area contributed by atoms with Crippen LogP contribution in [0.15, 0.2) is 42.7 Å². The molecule has 0 unspecified atom stereocenters. The summed E-state index contributed by atoms with van der Waals surface area (Å²) in [6.45, 7) is 0. The summed E-state index contributed by atoms with van der Waals surface area (Å²) >= 11 is 0. The van der Waals surface area contributed by atoms with E-state index in [0.29, 0.717) is 0 Å².